The fourth-order valence-corrected chi connectivity index (χ4v) is 2.10. The van der Waals surface area contributed by atoms with Crippen LogP contribution in [0.3, 0.4) is 0 Å². The maximum atomic E-state index is 11.5. The molecule has 3 N–H and O–H groups in total. The van der Waals surface area contributed by atoms with Crippen LogP contribution in [-0.2, 0) is 14.8 Å². The molecule has 0 bridgehead atoms. The van der Waals surface area contributed by atoms with Crippen molar-refractivity contribution in [3.05, 3.63) is 29.8 Å². The summed E-state index contributed by atoms with van der Waals surface area (Å²) in [6.07, 6.45) is 0. The second-order valence-corrected chi connectivity index (χ2v) is 4.74. The molecule has 0 aromatic heterocycles. The standard InChI is InChI=1S/C9H10N2O4S/c1-6(12)11-16(14,15)8-4-2-3-7(5-8)9(10)13/h2-5H,1H3,(H2,10,13)(H,11,12). The normalized spacial score (nSPS) is 10.8. The fourth-order valence-electron chi connectivity index (χ4n) is 1.06. The molecule has 0 radical (unpaired) electrons. The highest BCUT2D eigenvalue weighted by Crippen LogP contribution is 2.10. The maximum absolute atomic E-state index is 11.5. The fraction of sp³-hybridized carbons (Fsp3) is 0.111. The molecule has 0 atom stereocenters. The smallest absolute Gasteiger partial charge is 0.264 e. The van der Waals surface area contributed by atoms with Gasteiger partial charge in [0, 0.05) is 12.5 Å². The lowest BCUT2D eigenvalue weighted by atomic mass is 10.2. The Bertz CT molecular complexity index is 536. The third-order valence-electron chi connectivity index (χ3n) is 1.71. The van der Waals surface area contributed by atoms with E-state index < -0.39 is 21.8 Å². The number of hydrogen-bond acceptors (Lipinski definition) is 4. The number of sulfonamides is 1. The first-order valence-corrected chi connectivity index (χ1v) is 5.74. The first-order valence-electron chi connectivity index (χ1n) is 4.26. The topological polar surface area (TPSA) is 106 Å². The van der Waals surface area contributed by atoms with Crippen LogP contribution in [0.1, 0.15) is 17.3 Å². The lowest BCUT2D eigenvalue weighted by Crippen LogP contribution is -2.28. The van der Waals surface area contributed by atoms with E-state index in [1.807, 2.05) is 0 Å². The van der Waals surface area contributed by atoms with Crippen molar-refractivity contribution in [2.24, 2.45) is 5.73 Å². The van der Waals surface area contributed by atoms with Crippen molar-refractivity contribution in [2.75, 3.05) is 0 Å². The van der Waals surface area contributed by atoms with Crippen molar-refractivity contribution in [1.29, 1.82) is 0 Å². The SMILES string of the molecule is CC(=O)NS(=O)(=O)c1cccc(C(N)=O)c1. The number of nitrogens with one attached hydrogen (secondary N) is 1. The molecule has 0 saturated heterocycles. The predicted octanol–water partition coefficient (Wildman–Crippen LogP) is -0.390. The zero-order valence-electron chi connectivity index (χ0n) is 8.43. The predicted molar refractivity (Wildman–Crippen MR) is 56.0 cm³/mol. The molecule has 1 aromatic rings. The molecule has 0 saturated carbocycles. The Morgan fingerprint density at radius 1 is 1.31 bits per heavy atom. The highest BCUT2D eigenvalue weighted by Gasteiger charge is 2.16. The van der Waals surface area contributed by atoms with Gasteiger partial charge in [-0.05, 0) is 18.2 Å². The minimum Gasteiger partial charge on any atom is -0.366 e. The van der Waals surface area contributed by atoms with Gasteiger partial charge in [0.15, 0.2) is 0 Å². The average Bonchev–Trinajstić information content (AvgIpc) is 2.16. The van der Waals surface area contributed by atoms with E-state index in [-0.39, 0.29) is 10.5 Å². The van der Waals surface area contributed by atoms with Crippen LogP contribution in [0.4, 0.5) is 0 Å². The van der Waals surface area contributed by atoms with Crippen molar-refractivity contribution in [3.8, 4) is 0 Å². The van der Waals surface area contributed by atoms with Crippen molar-refractivity contribution in [3.63, 3.8) is 0 Å². The molecule has 1 aromatic carbocycles. The summed E-state index contributed by atoms with van der Waals surface area (Å²) in [5.74, 6) is -1.44. The molecule has 0 aliphatic heterocycles. The number of nitrogens with two attached hydrogens (primary N) is 1. The van der Waals surface area contributed by atoms with E-state index in [1.54, 1.807) is 4.72 Å². The summed E-state index contributed by atoms with van der Waals surface area (Å²) in [6, 6.07) is 5.12. The number of rotatable bonds is 3. The van der Waals surface area contributed by atoms with Gasteiger partial charge < -0.3 is 5.73 Å². The quantitative estimate of drug-likeness (QED) is 0.752. The van der Waals surface area contributed by atoms with Crippen LogP contribution in [-0.4, -0.2) is 20.2 Å². The van der Waals surface area contributed by atoms with Gasteiger partial charge in [-0.15, -0.1) is 0 Å². The van der Waals surface area contributed by atoms with Gasteiger partial charge >= 0.3 is 0 Å². The third-order valence-corrected chi connectivity index (χ3v) is 3.14. The van der Waals surface area contributed by atoms with Crippen molar-refractivity contribution in [1.82, 2.24) is 4.72 Å². The van der Waals surface area contributed by atoms with Crippen LogP contribution >= 0.6 is 0 Å². The second-order valence-electron chi connectivity index (χ2n) is 3.05. The summed E-state index contributed by atoms with van der Waals surface area (Å²) in [6.45, 7) is 1.08. The molecule has 7 heteroatoms. The number of hydrogen-bond donors (Lipinski definition) is 2. The molecule has 0 aliphatic carbocycles. The van der Waals surface area contributed by atoms with Crippen LogP contribution in [0.5, 0.6) is 0 Å². The van der Waals surface area contributed by atoms with Crippen LogP contribution < -0.4 is 10.5 Å². The first-order chi connectivity index (χ1) is 7.33. The minimum absolute atomic E-state index is 0.0615. The molecular weight excluding hydrogens is 232 g/mol. The van der Waals surface area contributed by atoms with E-state index >= 15 is 0 Å². The number of primary amides is 1. The van der Waals surface area contributed by atoms with E-state index in [9.17, 15) is 18.0 Å². The monoisotopic (exact) mass is 242 g/mol. The van der Waals surface area contributed by atoms with Crippen LogP contribution in [0, 0.1) is 0 Å². The summed E-state index contributed by atoms with van der Waals surface area (Å²) >= 11 is 0. The highest BCUT2D eigenvalue weighted by molar-refractivity contribution is 7.90. The first kappa shape index (κ1) is 12.2. The molecule has 0 heterocycles. The Hall–Kier alpha value is -1.89. The molecule has 0 unspecified atom stereocenters. The molecule has 86 valence electrons. The molecule has 1 rings (SSSR count). The number of carbonyl (C=O) groups excluding carboxylic acids is 2. The zero-order valence-corrected chi connectivity index (χ0v) is 9.24. The van der Waals surface area contributed by atoms with E-state index in [2.05, 4.69) is 0 Å². The zero-order chi connectivity index (χ0) is 12.3. The van der Waals surface area contributed by atoms with Crippen LogP contribution in [0.2, 0.25) is 0 Å². The van der Waals surface area contributed by atoms with Crippen LogP contribution in [0.15, 0.2) is 29.2 Å². The van der Waals surface area contributed by atoms with Gasteiger partial charge in [-0.3, -0.25) is 9.59 Å². The number of benzene rings is 1. The maximum Gasteiger partial charge on any atom is 0.264 e. The molecular formula is C9H10N2O4S. The molecule has 0 fully saturated rings. The summed E-state index contributed by atoms with van der Waals surface area (Å²) in [5, 5.41) is 0. The Morgan fingerprint density at radius 3 is 2.44 bits per heavy atom. The highest BCUT2D eigenvalue weighted by atomic mass is 32.2. The lowest BCUT2D eigenvalue weighted by molar-refractivity contribution is -0.117. The van der Waals surface area contributed by atoms with Gasteiger partial charge in [0.1, 0.15) is 0 Å². The second kappa shape index (κ2) is 4.31. The van der Waals surface area contributed by atoms with Gasteiger partial charge in [-0.1, -0.05) is 6.07 Å². The van der Waals surface area contributed by atoms with E-state index in [1.165, 1.54) is 18.2 Å². The minimum atomic E-state index is -3.92. The van der Waals surface area contributed by atoms with Crippen molar-refractivity contribution < 1.29 is 18.0 Å². The Balaban J connectivity index is 3.19. The van der Waals surface area contributed by atoms with Gasteiger partial charge in [-0.25, -0.2) is 13.1 Å². The molecule has 2 amide bonds. The molecule has 0 aliphatic rings. The van der Waals surface area contributed by atoms with Gasteiger partial charge in [0.05, 0.1) is 4.90 Å². The van der Waals surface area contributed by atoms with Gasteiger partial charge in [0.2, 0.25) is 11.8 Å². The van der Waals surface area contributed by atoms with Gasteiger partial charge in [0.25, 0.3) is 10.0 Å². The summed E-state index contributed by atoms with van der Waals surface area (Å²) < 4.78 is 24.8. The van der Waals surface area contributed by atoms with Crippen LogP contribution in [0.25, 0.3) is 0 Å². The average molecular weight is 242 g/mol. The Labute approximate surface area is 92.5 Å². The molecule has 6 nitrogen and oxygen atoms in total. The van der Waals surface area contributed by atoms with E-state index in [4.69, 9.17) is 5.73 Å². The van der Waals surface area contributed by atoms with Crippen molar-refractivity contribution >= 4 is 21.8 Å². The summed E-state index contributed by atoms with van der Waals surface area (Å²) in [5.41, 5.74) is 5.07. The molecule has 16 heavy (non-hydrogen) atoms. The lowest BCUT2D eigenvalue weighted by Gasteiger charge is -2.05. The molecule has 0 spiro atoms. The van der Waals surface area contributed by atoms with Gasteiger partial charge in [-0.2, -0.15) is 0 Å². The van der Waals surface area contributed by atoms with E-state index in [0.717, 1.165) is 13.0 Å². The number of amides is 2. The van der Waals surface area contributed by atoms with E-state index in [0.29, 0.717) is 0 Å². The summed E-state index contributed by atoms with van der Waals surface area (Å²) in [7, 11) is -3.92. The largest absolute Gasteiger partial charge is 0.366 e. The van der Waals surface area contributed by atoms with Crippen molar-refractivity contribution in [2.45, 2.75) is 11.8 Å². The Kier molecular flexibility index (Phi) is 3.28. The number of carbonyl (C=O) groups is 2. The summed E-state index contributed by atoms with van der Waals surface area (Å²) in [4.78, 5) is 21.3. The Morgan fingerprint density at radius 2 is 1.94 bits per heavy atom. The third kappa shape index (κ3) is 2.80.